The molecule has 1 atom stereocenters. The van der Waals surface area contributed by atoms with Gasteiger partial charge in [-0.25, -0.2) is 0 Å². The zero-order valence-electron chi connectivity index (χ0n) is 8.25. The van der Waals surface area contributed by atoms with Crippen molar-refractivity contribution in [2.45, 2.75) is 25.7 Å². The Kier molecular flexibility index (Phi) is 3.95. The van der Waals surface area contributed by atoms with Crippen LogP contribution in [0.4, 0.5) is 0 Å². The second kappa shape index (κ2) is 5.00. The molecule has 1 aliphatic rings. The molecule has 4 nitrogen and oxygen atoms in total. The summed E-state index contributed by atoms with van der Waals surface area (Å²) in [4.78, 5) is 33.8. The van der Waals surface area contributed by atoms with Crippen LogP contribution in [0, 0.1) is 5.92 Å². The van der Waals surface area contributed by atoms with Crippen molar-refractivity contribution in [3.63, 3.8) is 0 Å². The third-order valence-corrected chi connectivity index (χ3v) is 2.43. The average molecular weight is 198 g/mol. The lowest BCUT2D eigenvalue weighted by atomic mass is 9.83. The van der Waals surface area contributed by atoms with E-state index in [0.717, 1.165) is 0 Å². The van der Waals surface area contributed by atoms with Gasteiger partial charge in [0.2, 0.25) is 5.78 Å². The van der Waals surface area contributed by atoms with E-state index >= 15 is 0 Å². The minimum Gasteiger partial charge on any atom is -0.384 e. The van der Waals surface area contributed by atoms with Crippen molar-refractivity contribution in [1.29, 1.82) is 0 Å². The number of carbonyl (C=O) groups excluding carboxylic acids is 3. The van der Waals surface area contributed by atoms with Crippen molar-refractivity contribution in [3.8, 4) is 0 Å². The molecule has 0 saturated heterocycles. The van der Waals surface area contributed by atoms with E-state index in [9.17, 15) is 14.4 Å². The van der Waals surface area contributed by atoms with Crippen LogP contribution in [-0.2, 0) is 19.1 Å². The van der Waals surface area contributed by atoms with E-state index in [1.54, 1.807) is 0 Å². The topological polar surface area (TPSA) is 60.4 Å². The molecular weight excluding hydrogens is 184 g/mol. The first-order valence-electron chi connectivity index (χ1n) is 4.75. The second-order valence-electron chi connectivity index (χ2n) is 3.44. The molecule has 0 amide bonds. The van der Waals surface area contributed by atoms with Crippen LogP contribution in [0.5, 0.6) is 0 Å². The fourth-order valence-corrected chi connectivity index (χ4v) is 1.60. The van der Waals surface area contributed by atoms with Gasteiger partial charge in [0.1, 0.15) is 5.78 Å². The van der Waals surface area contributed by atoms with Gasteiger partial charge in [0.15, 0.2) is 5.78 Å². The Labute approximate surface area is 82.6 Å². The number of methoxy groups -OCH3 is 1. The molecule has 0 heterocycles. The van der Waals surface area contributed by atoms with Gasteiger partial charge in [0.05, 0.1) is 12.5 Å². The first kappa shape index (κ1) is 11.0. The number of rotatable bonds is 4. The summed E-state index contributed by atoms with van der Waals surface area (Å²) >= 11 is 0. The number of carbonyl (C=O) groups is 3. The van der Waals surface area contributed by atoms with E-state index in [4.69, 9.17) is 4.74 Å². The van der Waals surface area contributed by atoms with Crippen molar-refractivity contribution in [1.82, 2.24) is 0 Å². The smallest absolute Gasteiger partial charge is 0.208 e. The normalized spacial score (nSPS) is 22.5. The van der Waals surface area contributed by atoms with Crippen LogP contribution in [-0.4, -0.2) is 31.1 Å². The monoisotopic (exact) mass is 198 g/mol. The summed E-state index contributed by atoms with van der Waals surface area (Å²) < 4.78 is 4.75. The van der Waals surface area contributed by atoms with Gasteiger partial charge in [-0.15, -0.1) is 0 Å². The van der Waals surface area contributed by atoms with Crippen LogP contribution >= 0.6 is 0 Å². The molecule has 0 aromatic heterocycles. The Bertz CT molecular complexity index is 257. The zero-order valence-corrected chi connectivity index (χ0v) is 8.25. The van der Waals surface area contributed by atoms with Crippen LogP contribution in [0.25, 0.3) is 0 Å². The second-order valence-corrected chi connectivity index (χ2v) is 3.44. The predicted octanol–water partition coefficient (Wildman–Crippen LogP) is 0.530. The molecule has 78 valence electrons. The van der Waals surface area contributed by atoms with Crippen LogP contribution in [0.1, 0.15) is 25.7 Å². The van der Waals surface area contributed by atoms with Crippen molar-refractivity contribution < 1.29 is 19.1 Å². The lowest BCUT2D eigenvalue weighted by Crippen LogP contribution is -2.34. The van der Waals surface area contributed by atoms with Gasteiger partial charge in [0.25, 0.3) is 0 Å². The zero-order chi connectivity index (χ0) is 10.6. The summed E-state index contributed by atoms with van der Waals surface area (Å²) in [5.41, 5.74) is 0. The molecular formula is C10H14O4. The third-order valence-electron chi connectivity index (χ3n) is 2.43. The Morgan fingerprint density at radius 1 is 1.50 bits per heavy atom. The largest absolute Gasteiger partial charge is 0.384 e. The fraction of sp³-hybridized carbons (Fsp3) is 0.700. The molecule has 1 rings (SSSR count). The van der Waals surface area contributed by atoms with Crippen LogP contribution in [0.3, 0.4) is 0 Å². The first-order valence-corrected chi connectivity index (χ1v) is 4.75. The van der Waals surface area contributed by atoms with Gasteiger partial charge in [-0.2, -0.15) is 0 Å². The molecule has 4 heteroatoms. The molecule has 0 bridgehead atoms. The molecule has 0 aromatic carbocycles. The van der Waals surface area contributed by atoms with Crippen LogP contribution in [0.2, 0.25) is 0 Å². The molecule has 0 N–H and O–H groups in total. The van der Waals surface area contributed by atoms with Gasteiger partial charge in [-0.3, -0.25) is 14.4 Å². The Morgan fingerprint density at radius 2 is 2.21 bits per heavy atom. The summed E-state index contributed by atoms with van der Waals surface area (Å²) in [5.74, 6) is -1.75. The minimum atomic E-state index is -0.689. The maximum atomic E-state index is 11.5. The highest BCUT2D eigenvalue weighted by Crippen LogP contribution is 2.20. The molecule has 1 fully saturated rings. The summed E-state index contributed by atoms with van der Waals surface area (Å²) in [6, 6.07) is 0. The van der Waals surface area contributed by atoms with Crippen molar-refractivity contribution >= 4 is 17.3 Å². The van der Waals surface area contributed by atoms with Gasteiger partial charge >= 0.3 is 0 Å². The molecule has 1 unspecified atom stereocenters. The highest BCUT2D eigenvalue weighted by Gasteiger charge is 2.33. The van der Waals surface area contributed by atoms with E-state index in [2.05, 4.69) is 0 Å². The van der Waals surface area contributed by atoms with E-state index < -0.39 is 17.5 Å². The van der Waals surface area contributed by atoms with Crippen molar-refractivity contribution in [2.24, 2.45) is 5.92 Å². The van der Waals surface area contributed by atoms with Gasteiger partial charge in [0, 0.05) is 20.0 Å². The molecule has 0 aromatic rings. The molecule has 0 aliphatic heterocycles. The van der Waals surface area contributed by atoms with Gasteiger partial charge < -0.3 is 4.74 Å². The highest BCUT2D eigenvalue weighted by atomic mass is 16.5. The Hall–Kier alpha value is -1.03. The van der Waals surface area contributed by atoms with Crippen molar-refractivity contribution in [2.75, 3.05) is 13.7 Å². The number of hydrogen-bond donors (Lipinski definition) is 0. The van der Waals surface area contributed by atoms with Gasteiger partial charge in [-0.05, 0) is 12.8 Å². The summed E-state index contributed by atoms with van der Waals surface area (Å²) in [6.45, 7) is 0.316. The maximum absolute atomic E-state index is 11.5. The van der Waals surface area contributed by atoms with E-state index in [1.165, 1.54) is 7.11 Å². The molecule has 0 spiro atoms. The van der Waals surface area contributed by atoms with Crippen molar-refractivity contribution in [3.05, 3.63) is 0 Å². The molecule has 1 saturated carbocycles. The number of hydrogen-bond acceptors (Lipinski definition) is 4. The highest BCUT2D eigenvalue weighted by molar-refractivity contribution is 6.41. The predicted molar refractivity (Wildman–Crippen MR) is 48.9 cm³/mol. The number of ether oxygens (including phenoxy) is 1. The Balaban J connectivity index is 2.53. The van der Waals surface area contributed by atoms with Crippen LogP contribution in [0.15, 0.2) is 0 Å². The lowest BCUT2D eigenvalue weighted by Gasteiger charge is -2.17. The average Bonchev–Trinajstić information content (AvgIpc) is 2.18. The summed E-state index contributed by atoms with van der Waals surface area (Å²) in [7, 11) is 1.50. The van der Waals surface area contributed by atoms with Crippen LogP contribution < -0.4 is 0 Å². The van der Waals surface area contributed by atoms with E-state index in [-0.39, 0.29) is 12.2 Å². The summed E-state index contributed by atoms with van der Waals surface area (Å²) in [6.07, 6.45) is 1.69. The minimum absolute atomic E-state index is 0.162. The fourth-order valence-electron chi connectivity index (χ4n) is 1.60. The van der Waals surface area contributed by atoms with E-state index in [0.29, 0.717) is 25.9 Å². The SMILES string of the molecule is COCCC(=O)C1CCCC(=O)C1=O. The standard InChI is InChI=1S/C10H14O4/c1-14-6-5-8(11)7-3-2-4-9(12)10(7)13/h7H,2-6H2,1H3. The summed E-state index contributed by atoms with van der Waals surface area (Å²) in [5, 5.41) is 0. The Morgan fingerprint density at radius 3 is 2.86 bits per heavy atom. The third kappa shape index (κ3) is 2.48. The van der Waals surface area contributed by atoms with Gasteiger partial charge in [-0.1, -0.05) is 0 Å². The number of ketones is 3. The first-order chi connectivity index (χ1) is 6.66. The molecule has 0 radical (unpaired) electrons. The van der Waals surface area contributed by atoms with E-state index in [1.807, 2.05) is 0 Å². The quantitative estimate of drug-likeness (QED) is 0.488. The number of Topliss-reactive ketones (excluding diaryl/α,β-unsaturated/α-hetero) is 3. The molecule has 14 heavy (non-hydrogen) atoms. The molecule has 1 aliphatic carbocycles. The maximum Gasteiger partial charge on any atom is 0.208 e. The lowest BCUT2D eigenvalue weighted by molar-refractivity contribution is -0.145.